The predicted molar refractivity (Wildman–Crippen MR) is 87.4 cm³/mol. The zero-order valence-electron chi connectivity index (χ0n) is 12.7. The van der Waals surface area contributed by atoms with Gasteiger partial charge in [-0.1, -0.05) is 17.7 Å². The van der Waals surface area contributed by atoms with Gasteiger partial charge in [0.1, 0.15) is 0 Å². The van der Waals surface area contributed by atoms with E-state index in [9.17, 15) is 9.59 Å². The van der Waals surface area contributed by atoms with Crippen molar-refractivity contribution in [2.75, 3.05) is 18.4 Å². The van der Waals surface area contributed by atoms with Crippen molar-refractivity contribution in [3.05, 3.63) is 46.7 Å². The number of hydrogen-bond acceptors (Lipinski definition) is 3. The molecule has 2 heterocycles. The lowest BCUT2D eigenvalue weighted by Gasteiger charge is -2.17. The Kier molecular flexibility index (Phi) is 4.34. The summed E-state index contributed by atoms with van der Waals surface area (Å²) in [5, 5.41) is 9.65. The molecule has 0 unspecified atom stereocenters. The van der Waals surface area contributed by atoms with Gasteiger partial charge in [-0.15, -0.1) is 0 Å². The Labute approximate surface area is 138 Å². The number of nitrogens with zero attached hydrogens (tertiary/aromatic N) is 2. The normalized spacial score (nSPS) is 17.3. The van der Waals surface area contributed by atoms with Crippen LogP contribution in [0.15, 0.2) is 30.6 Å². The van der Waals surface area contributed by atoms with E-state index in [1.807, 2.05) is 13.0 Å². The number of rotatable bonds is 3. The fraction of sp³-hybridized carbons (Fsp3) is 0.312. The van der Waals surface area contributed by atoms with Crippen LogP contribution >= 0.6 is 11.6 Å². The molecule has 0 saturated carbocycles. The van der Waals surface area contributed by atoms with E-state index in [0.717, 1.165) is 5.56 Å². The quantitative estimate of drug-likeness (QED) is 0.906. The molecule has 7 heteroatoms. The molecular formula is C16H17ClN4O2. The summed E-state index contributed by atoms with van der Waals surface area (Å²) in [6.07, 6.45) is 3.79. The molecule has 23 heavy (non-hydrogen) atoms. The van der Waals surface area contributed by atoms with Crippen LogP contribution in [-0.2, 0) is 4.79 Å². The molecule has 6 nitrogen and oxygen atoms in total. The third kappa shape index (κ3) is 3.37. The smallest absolute Gasteiger partial charge is 0.255 e. The lowest BCUT2D eigenvalue weighted by molar-refractivity contribution is -0.119. The van der Waals surface area contributed by atoms with Crippen LogP contribution in [0, 0.1) is 12.8 Å². The van der Waals surface area contributed by atoms with E-state index in [-0.39, 0.29) is 17.7 Å². The van der Waals surface area contributed by atoms with Gasteiger partial charge < -0.3 is 10.2 Å². The predicted octanol–water partition coefficient (Wildman–Crippen LogP) is 2.47. The number of carbonyl (C=O) groups is 2. The van der Waals surface area contributed by atoms with Crippen molar-refractivity contribution in [2.24, 2.45) is 5.92 Å². The van der Waals surface area contributed by atoms with Gasteiger partial charge in [0, 0.05) is 19.3 Å². The molecule has 1 fully saturated rings. The second-order valence-corrected chi connectivity index (χ2v) is 6.10. The van der Waals surface area contributed by atoms with Gasteiger partial charge >= 0.3 is 0 Å². The molecular weight excluding hydrogens is 316 g/mol. The number of amides is 2. The number of nitrogens with one attached hydrogen (secondary N) is 2. The lowest BCUT2D eigenvalue weighted by Crippen LogP contribution is -2.31. The molecule has 2 N–H and O–H groups in total. The first-order valence-corrected chi connectivity index (χ1v) is 7.77. The summed E-state index contributed by atoms with van der Waals surface area (Å²) >= 11 is 6.16. The third-order valence-electron chi connectivity index (χ3n) is 3.97. The summed E-state index contributed by atoms with van der Waals surface area (Å²) < 4.78 is 0. The summed E-state index contributed by atoms with van der Waals surface area (Å²) in [6.45, 7) is 2.87. The van der Waals surface area contributed by atoms with Crippen LogP contribution in [0.5, 0.6) is 0 Å². The van der Waals surface area contributed by atoms with E-state index in [0.29, 0.717) is 35.8 Å². The van der Waals surface area contributed by atoms with Gasteiger partial charge in [0.25, 0.3) is 5.91 Å². The van der Waals surface area contributed by atoms with Gasteiger partial charge in [-0.2, -0.15) is 5.10 Å². The van der Waals surface area contributed by atoms with Crippen molar-refractivity contribution in [3.8, 4) is 0 Å². The summed E-state index contributed by atoms with van der Waals surface area (Å²) in [6, 6.07) is 5.37. The first-order chi connectivity index (χ1) is 11.0. The van der Waals surface area contributed by atoms with E-state index in [2.05, 4.69) is 15.5 Å². The average Bonchev–Trinajstić information content (AvgIpc) is 3.17. The van der Waals surface area contributed by atoms with Gasteiger partial charge in [0.15, 0.2) is 0 Å². The van der Waals surface area contributed by atoms with Gasteiger partial charge in [-0.05, 0) is 31.0 Å². The molecule has 0 aliphatic carbocycles. The standard InChI is InChI=1S/C16H17ClN4O2/c1-10-2-3-13(14(17)6-10)16(23)21-5-4-11(9-21)15(22)20-12-7-18-19-8-12/h2-3,6-8,11H,4-5,9H2,1H3,(H,18,19)(H,20,22)/t11-/m0/s1. The van der Waals surface area contributed by atoms with E-state index < -0.39 is 0 Å². The number of hydrogen-bond donors (Lipinski definition) is 2. The topological polar surface area (TPSA) is 78.1 Å². The molecule has 1 atom stereocenters. The second-order valence-electron chi connectivity index (χ2n) is 5.70. The van der Waals surface area contributed by atoms with E-state index in [1.165, 1.54) is 0 Å². The maximum absolute atomic E-state index is 12.6. The molecule has 120 valence electrons. The molecule has 1 aliphatic heterocycles. The Morgan fingerprint density at radius 1 is 1.43 bits per heavy atom. The Morgan fingerprint density at radius 2 is 2.26 bits per heavy atom. The zero-order chi connectivity index (χ0) is 16.4. The number of benzene rings is 1. The van der Waals surface area contributed by atoms with Crippen LogP contribution in [0.1, 0.15) is 22.3 Å². The van der Waals surface area contributed by atoms with Crippen molar-refractivity contribution < 1.29 is 9.59 Å². The van der Waals surface area contributed by atoms with Crippen LogP contribution in [0.2, 0.25) is 5.02 Å². The molecule has 0 radical (unpaired) electrons. The molecule has 1 aliphatic rings. The minimum absolute atomic E-state index is 0.100. The highest BCUT2D eigenvalue weighted by Crippen LogP contribution is 2.24. The van der Waals surface area contributed by atoms with E-state index >= 15 is 0 Å². The van der Waals surface area contributed by atoms with E-state index in [4.69, 9.17) is 11.6 Å². The van der Waals surface area contributed by atoms with Gasteiger partial charge in [0.05, 0.1) is 28.4 Å². The Bertz CT molecular complexity index is 730. The van der Waals surface area contributed by atoms with Crippen LogP contribution < -0.4 is 5.32 Å². The van der Waals surface area contributed by atoms with Crippen molar-refractivity contribution in [3.63, 3.8) is 0 Å². The number of anilines is 1. The lowest BCUT2D eigenvalue weighted by atomic mass is 10.1. The average molecular weight is 333 g/mol. The highest BCUT2D eigenvalue weighted by atomic mass is 35.5. The molecule has 3 rings (SSSR count). The zero-order valence-corrected chi connectivity index (χ0v) is 13.4. The summed E-state index contributed by atoms with van der Waals surface area (Å²) in [7, 11) is 0. The first kappa shape index (κ1) is 15.6. The monoisotopic (exact) mass is 332 g/mol. The van der Waals surface area contributed by atoms with Crippen LogP contribution in [0.3, 0.4) is 0 Å². The molecule has 1 aromatic heterocycles. The maximum Gasteiger partial charge on any atom is 0.255 e. The first-order valence-electron chi connectivity index (χ1n) is 7.39. The fourth-order valence-electron chi connectivity index (χ4n) is 2.69. The van der Waals surface area contributed by atoms with Crippen LogP contribution in [0.25, 0.3) is 0 Å². The summed E-state index contributed by atoms with van der Waals surface area (Å²) in [4.78, 5) is 26.4. The summed E-state index contributed by atoms with van der Waals surface area (Å²) in [5.74, 6) is -0.455. The number of aryl methyl sites for hydroxylation is 1. The third-order valence-corrected chi connectivity index (χ3v) is 4.28. The minimum atomic E-state index is -0.224. The number of halogens is 1. The highest BCUT2D eigenvalue weighted by molar-refractivity contribution is 6.33. The molecule has 1 aromatic carbocycles. The molecule has 0 bridgehead atoms. The second kappa shape index (κ2) is 6.42. The Hall–Kier alpha value is -2.34. The van der Waals surface area contributed by atoms with Crippen LogP contribution in [-0.4, -0.2) is 40.0 Å². The van der Waals surface area contributed by atoms with Crippen molar-refractivity contribution >= 4 is 29.1 Å². The maximum atomic E-state index is 12.6. The minimum Gasteiger partial charge on any atom is -0.338 e. The van der Waals surface area contributed by atoms with Crippen molar-refractivity contribution in [1.29, 1.82) is 0 Å². The molecule has 1 saturated heterocycles. The highest BCUT2D eigenvalue weighted by Gasteiger charge is 2.32. The molecule has 0 spiro atoms. The molecule has 2 aromatic rings. The number of likely N-dealkylation sites (tertiary alicyclic amines) is 1. The van der Waals surface area contributed by atoms with Gasteiger partial charge in [-0.3, -0.25) is 14.7 Å². The fourth-order valence-corrected chi connectivity index (χ4v) is 3.00. The van der Waals surface area contributed by atoms with Crippen molar-refractivity contribution in [1.82, 2.24) is 15.1 Å². The van der Waals surface area contributed by atoms with Crippen LogP contribution in [0.4, 0.5) is 5.69 Å². The number of aromatic amines is 1. The Morgan fingerprint density at radius 3 is 2.96 bits per heavy atom. The largest absolute Gasteiger partial charge is 0.338 e. The van der Waals surface area contributed by atoms with Crippen molar-refractivity contribution in [2.45, 2.75) is 13.3 Å². The summed E-state index contributed by atoms with van der Waals surface area (Å²) in [5.41, 5.74) is 2.11. The number of carbonyl (C=O) groups excluding carboxylic acids is 2. The van der Waals surface area contributed by atoms with Gasteiger partial charge in [0.2, 0.25) is 5.91 Å². The Balaban J connectivity index is 1.65. The number of aromatic nitrogens is 2. The SMILES string of the molecule is Cc1ccc(C(=O)N2CC[C@H](C(=O)Nc3cn[nH]c3)C2)c(Cl)c1. The van der Waals surface area contributed by atoms with Gasteiger partial charge in [-0.25, -0.2) is 0 Å². The molecule has 2 amide bonds. The number of H-pyrrole nitrogens is 1. The van der Waals surface area contributed by atoms with E-state index in [1.54, 1.807) is 29.4 Å².